The molecule has 5 rings (SSSR count). The molecule has 0 amide bonds. The molecule has 240 valence electrons. The van der Waals surface area contributed by atoms with E-state index in [2.05, 4.69) is 4.99 Å². The Bertz CT molecular complexity index is 2080. The molecule has 2 aromatic heterocycles. The first-order valence-electron chi connectivity index (χ1n) is 14.8. The molecule has 0 unspecified atom stereocenters. The van der Waals surface area contributed by atoms with Gasteiger partial charge in [0.05, 0.1) is 46.6 Å². The third-order valence-corrected chi connectivity index (χ3v) is 8.76. The number of hydrogen-bond donors (Lipinski definition) is 0. The second kappa shape index (κ2) is 12.8. The van der Waals surface area contributed by atoms with Crippen LogP contribution in [0.25, 0.3) is 11.8 Å². The highest BCUT2D eigenvalue weighted by Gasteiger charge is 2.34. The molecule has 11 nitrogen and oxygen atoms in total. The first-order chi connectivity index (χ1) is 21.9. The molecule has 12 heteroatoms. The van der Waals surface area contributed by atoms with Crippen LogP contribution in [0.4, 0.5) is 5.69 Å². The fourth-order valence-electron chi connectivity index (χ4n) is 5.76. The Balaban J connectivity index is 1.68. The van der Waals surface area contributed by atoms with Crippen molar-refractivity contribution in [2.75, 3.05) is 13.7 Å². The molecule has 0 bridgehead atoms. The Hall–Kier alpha value is -4.97. The molecule has 0 N–H and O–H groups in total. The standard InChI is InChI=1S/C34H36N4O7S/c1-9-44-33(40)30-21(6)35-34-37(31(30)23-10-13-27(45-18(2)3)28(16-23)43-8)32(39)29(46-34)17-24-15-20(5)36(22(24)7)26-12-11-25(38(41)42)14-19(26)4/h10-18,31H,9H2,1-8H3/b29-17-/t31-/m0/s1. The number of carbonyl (C=O) groups is 1. The SMILES string of the molecule is CCOC(=O)C1=C(C)N=c2s/c(=C\c3cc(C)n(-c4ccc([N+](=O)[O-])cc4C)c3C)c(=O)n2[C@H]1c1ccc(OC(C)C)c(OC)c1. The van der Waals surface area contributed by atoms with Crippen LogP contribution in [0, 0.1) is 30.9 Å². The van der Waals surface area contributed by atoms with Crippen LogP contribution in [-0.4, -0.2) is 39.8 Å². The van der Waals surface area contributed by atoms with Crippen molar-refractivity contribution in [3.8, 4) is 17.2 Å². The molecule has 0 fully saturated rings. The average molecular weight is 645 g/mol. The van der Waals surface area contributed by atoms with Crippen LogP contribution in [0.1, 0.15) is 61.8 Å². The van der Waals surface area contributed by atoms with E-state index < -0.39 is 16.9 Å². The first kappa shape index (κ1) is 32.4. The van der Waals surface area contributed by atoms with Gasteiger partial charge in [-0.05, 0) is 95.5 Å². The molecule has 46 heavy (non-hydrogen) atoms. The Morgan fingerprint density at radius 3 is 2.48 bits per heavy atom. The van der Waals surface area contributed by atoms with E-state index in [-0.39, 0.29) is 29.5 Å². The van der Waals surface area contributed by atoms with Gasteiger partial charge in [0.25, 0.3) is 11.2 Å². The van der Waals surface area contributed by atoms with E-state index in [4.69, 9.17) is 14.2 Å². The largest absolute Gasteiger partial charge is 0.493 e. The van der Waals surface area contributed by atoms with Gasteiger partial charge in [0.15, 0.2) is 16.3 Å². The number of allylic oxidation sites excluding steroid dienone is 1. The van der Waals surface area contributed by atoms with Gasteiger partial charge in [-0.1, -0.05) is 17.4 Å². The molecule has 3 heterocycles. The zero-order chi connectivity index (χ0) is 33.4. The van der Waals surface area contributed by atoms with Gasteiger partial charge in [0.2, 0.25) is 0 Å². The predicted octanol–water partition coefficient (Wildman–Crippen LogP) is 5.22. The van der Waals surface area contributed by atoms with Gasteiger partial charge < -0.3 is 18.8 Å². The predicted molar refractivity (Wildman–Crippen MR) is 176 cm³/mol. The second-order valence-electron chi connectivity index (χ2n) is 11.3. The maximum atomic E-state index is 14.2. The molecule has 1 aliphatic rings. The second-order valence-corrected chi connectivity index (χ2v) is 12.3. The van der Waals surface area contributed by atoms with E-state index in [1.807, 2.05) is 57.4 Å². The number of nitro groups is 1. The molecule has 0 radical (unpaired) electrons. The number of benzene rings is 2. The highest BCUT2D eigenvalue weighted by molar-refractivity contribution is 7.07. The zero-order valence-electron chi connectivity index (χ0n) is 27.0. The summed E-state index contributed by atoms with van der Waals surface area (Å²) in [5.41, 5.74) is 5.25. The van der Waals surface area contributed by atoms with E-state index in [1.165, 1.54) is 22.0 Å². The summed E-state index contributed by atoms with van der Waals surface area (Å²) >= 11 is 1.24. The molecule has 4 aromatic rings. The summed E-state index contributed by atoms with van der Waals surface area (Å²) in [5.74, 6) is 0.470. The summed E-state index contributed by atoms with van der Waals surface area (Å²) in [6.45, 7) is 13.2. The van der Waals surface area contributed by atoms with Crippen molar-refractivity contribution in [1.29, 1.82) is 0 Å². The zero-order valence-corrected chi connectivity index (χ0v) is 27.9. The van der Waals surface area contributed by atoms with Crippen LogP contribution in [0.2, 0.25) is 0 Å². The first-order valence-corrected chi connectivity index (χ1v) is 15.7. The van der Waals surface area contributed by atoms with Gasteiger partial charge in [-0.15, -0.1) is 0 Å². The quantitative estimate of drug-likeness (QED) is 0.139. The van der Waals surface area contributed by atoms with Gasteiger partial charge in [0.1, 0.15) is 0 Å². The van der Waals surface area contributed by atoms with Crippen LogP contribution in [0.5, 0.6) is 11.5 Å². The van der Waals surface area contributed by atoms with Crippen LogP contribution < -0.4 is 24.4 Å². The number of nitro benzene ring substituents is 1. The minimum Gasteiger partial charge on any atom is -0.493 e. The highest BCUT2D eigenvalue weighted by Crippen LogP contribution is 2.36. The smallest absolute Gasteiger partial charge is 0.338 e. The normalized spacial score (nSPS) is 14.7. The van der Waals surface area contributed by atoms with Crippen molar-refractivity contribution in [1.82, 2.24) is 9.13 Å². The van der Waals surface area contributed by atoms with Crippen LogP contribution >= 0.6 is 11.3 Å². The highest BCUT2D eigenvalue weighted by atomic mass is 32.1. The van der Waals surface area contributed by atoms with E-state index in [0.29, 0.717) is 32.1 Å². The summed E-state index contributed by atoms with van der Waals surface area (Å²) in [7, 11) is 1.54. The van der Waals surface area contributed by atoms with Crippen LogP contribution in [0.3, 0.4) is 0 Å². The summed E-state index contributed by atoms with van der Waals surface area (Å²) in [5, 5.41) is 11.3. The van der Waals surface area contributed by atoms with Crippen molar-refractivity contribution >= 4 is 29.1 Å². The molecule has 0 aliphatic carbocycles. The van der Waals surface area contributed by atoms with Gasteiger partial charge in [-0.2, -0.15) is 0 Å². The summed E-state index contributed by atoms with van der Waals surface area (Å²) < 4.78 is 21.0. The molecular weight excluding hydrogens is 608 g/mol. The number of aryl methyl sites for hydroxylation is 2. The number of nitrogens with zero attached hydrogens (tertiary/aromatic N) is 4. The van der Waals surface area contributed by atoms with Gasteiger partial charge >= 0.3 is 5.97 Å². The Labute approximate surface area is 269 Å². The lowest BCUT2D eigenvalue weighted by atomic mass is 9.95. The molecule has 2 aromatic carbocycles. The lowest BCUT2D eigenvalue weighted by molar-refractivity contribution is -0.384. The van der Waals surface area contributed by atoms with E-state index in [0.717, 1.165) is 28.2 Å². The third-order valence-electron chi connectivity index (χ3n) is 7.77. The topological polar surface area (TPSA) is 127 Å². The maximum absolute atomic E-state index is 14.2. The van der Waals surface area contributed by atoms with Crippen molar-refractivity contribution in [3.63, 3.8) is 0 Å². The number of carbonyl (C=O) groups excluding carboxylic acids is 1. The van der Waals surface area contributed by atoms with E-state index in [9.17, 15) is 19.7 Å². The lowest BCUT2D eigenvalue weighted by Gasteiger charge is -2.25. The molecule has 1 atom stereocenters. The Kier molecular flexibility index (Phi) is 9.02. The third kappa shape index (κ3) is 5.87. The molecule has 0 saturated carbocycles. The van der Waals surface area contributed by atoms with Crippen molar-refractivity contribution in [2.45, 2.75) is 60.6 Å². The number of esters is 1. The summed E-state index contributed by atoms with van der Waals surface area (Å²) in [6, 6.07) is 11.3. The number of aromatic nitrogens is 2. The van der Waals surface area contributed by atoms with Crippen LogP contribution in [0.15, 0.2) is 63.5 Å². The fourth-order valence-corrected chi connectivity index (χ4v) is 6.80. The van der Waals surface area contributed by atoms with Crippen molar-refractivity contribution in [3.05, 3.63) is 112 Å². The number of rotatable bonds is 9. The molecular formula is C34H36N4O7S. The monoisotopic (exact) mass is 644 g/mol. The minimum atomic E-state index is -0.811. The van der Waals surface area contributed by atoms with E-state index in [1.54, 1.807) is 45.2 Å². The number of thiazole rings is 1. The number of non-ortho nitro benzene ring substituents is 1. The summed E-state index contributed by atoms with van der Waals surface area (Å²) in [6.07, 6.45) is 1.74. The molecule has 0 saturated heterocycles. The van der Waals surface area contributed by atoms with Gasteiger partial charge in [0, 0.05) is 29.2 Å². The van der Waals surface area contributed by atoms with Gasteiger partial charge in [-0.3, -0.25) is 19.5 Å². The van der Waals surface area contributed by atoms with Crippen molar-refractivity contribution < 1.29 is 23.9 Å². The van der Waals surface area contributed by atoms with E-state index >= 15 is 0 Å². The van der Waals surface area contributed by atoms with Crippen LogP contribution in [-0.2, 0) is 9.53 Å². The Morgan fingerprint density at radius 2 is 1.85 bits per heavy atom. The summed E-state index contributed by atoms with van der Waals surface area (Å²) in [4.78, 5) is 43.5. The maximum Gasteiger partial charge on any atom is 0.338 e. The number of ether oxygens (including phenoxy) is 3. The number of methoxy groups -OCH3 is 1. The fraction of sp³-hybridized carbons (Fsp3) is 0.324. The average Bonchev–Trinajstić information content (AvgIpc) is 3.45. The Morgan fingerprint density at radius 1 is 1.11 bits per heavy atom. The lowest BCUT2D eigenvalue weighted by Crippen LogP contribution is -2.40. The van der Waals surface area contributed by atoms with Gasteiger partial charge in [-0.25, -0.2) is 9.79 Å². The number of fused-ring (bicyclic) bond motifs is 1. The minimum absolute atomic E-state index is 0.0248. The molecule has 0 spiro atoms. The number of hydrogen-bond acceptors (Lipinski definition) is 9. The molecule has 1 aliphatic heterocycles. The van der Waals surface area contributed by atoms with Crippen molar-refractivity contribution in [2.24, 2.45) is 4.99 Å².